The first-order valence-corrected chi connectivity index (χ1v) is 3.22. The third-order valence-corrected chi connectivity index (χ3v) is 1.51. The van der Waals surface area contributed by atoms with Crippen LogP contribution in [0.2, 0.25) is 0 Å². The molecule has 2 N–H and O–H groups in total. The Labute approximate surface area is 55.7 Å². The minimum Gasteiger partial charge on any atom is -0.255 e. The first kappa shape index (κ1) is 6.74. The van der Waals surface area contributed by atoms with Gasteiger partial charge in [0.05, 0.1) is 0 Å². The molecule has 0 amide bonds. The Bertz CT molecular complexity index is 102. The number of nitrogens with two attached hydrogens (primary N) is 1. The lowest BCUT2D eigenvalue weighted by Gasteiger charge is -2.20. The van der Waals surface area contributed by atoms with E-state index in [2.05, 4.69) is 11.6 Å². The fourth-order valence-electron chi connectivity index (χ4n) is 1.03. The van der Waals surface area contributed by atoms with Gasteiger partial charge in [-0.1, -0.05) is 6.08 Å². The van der Waals surface area contributed by atoms with Gasteiger partial charge in [0.1, 0.15) is 0 Å². The third-order valence-electron chi connectivity index (χ3n) is 1.51. The fourth-order valence-corrected chi connectivity index (χ4v) is 1.03. The van der Waals surface area contributed by atoms with Crippen LogP contribution in [-0.4, -0.2) is 29.8 Å². The summed E-state index contributed by atoms with van der Waals surface area (Å²) in [5.74, 6) is 5.58. The van der Waals surface area contributed by atoms with Gasteiger partial charge in [-0.3, -0.25) is 5.84 Å². The maximum Gasteiger partial charge on any atom is 0.0324 e. The van der Waals surface area contributed by atoms with Crippen molar-refractivity contribution < 1.29 is 0 Å². The summed E-state index contributed by atoms with van der Waals surface area (Å²) in [4.78, 5) is 0. The van der Waals surface area contributed by atoms with Gasteiger partial charge in [-0.05, 0) is 6.42 Å². The molecule has 0 atom stereocenters. The molecule has 0 aliphatic carbocycles. The smallest absolute Gasteiger partial charge is 0.0324 e. The Hall–Kier alpha value is -0.380. The molecular formula is C6H13N3. The number of hydrazine groups is 2. The molecule has 1 saturated heterocycles. The summed E-state index contributed by atoms with van der Waals surface area (Å²) in [7, 11) is 0. The van der Waals surface area contributed by atoms with Crippen molar-refractivity contribution in [2.45, 2.75) is 6.42 Å². The van der Waals surface area contributed by atoms with E-state index in [0.29, 0.717) is 0 Å². The second kappa shape index (κ2) is 2.96. The van der Waals surface area contributed by atoms with Gasteiger partial charge >= 0.3 is 0 Å². The van der Waals surface area contributed by atoms with Gasteiger partial charge in [0, 0.05) is 19.6 Å². The van der Waals surface area contributed by atoms with E-state index in [0.717, 1.165) is 19.6 Å². The van der Waals surface area contributed by atoms with Gasteiger partial charge in [-0.2, -0.15) is 5.12 Å². The zero-order chi connectivity index (χ0) is 6.69. The average molecular weight is 127 g/mol. The van der Waals surface area contributed by atoms with Crippen LogP contribution in [0.15, 0.2) is 12.7 Å². The van der Waals surface area contributed by atoms with Crippen LogP contribution < -0.4 is 5.84 Å². The Morgan fingerprint density at radius 1 is 1.56 bits per heavy atom. The van der Waals surface area contributed by atoms with Gasteiger partial charge < -0.3 is 0 Å². The Balaban J connectivity index is 2.30. The van der Waals surface area contributed by atoms with Crippen molar-refractivity contribution in [3.8, 4) is 0 Å². The average Bonchev–Trinajstić information content (AvgIpc) is 2.18. The van der Waals surface area contributed by atoms with Crippen molar-refractivity contribution in [2.24, 2.45) is 5.84 Å². The summed E-state index contributed by atoms with van der Waals surface area (Å²) in [6.07, 6.45) is 3.04. The molecule has 1 heterocycles. The summed E-state index contributed by atoms with van der Waals surface area (Å²) in [6, 6.07) is 0. The molecule has 0 aromatic carbocycles. The summed E-state index contributed by atoms with van der Waals surface area (Å²) in [5, 5.41) is 3.83. The highest BCUT2D eigenvalue weighted by molar-refractivity contribution is 4.74. The Kier molecular flexibility index (Phi) is 2.22. The van der Waals surface area contributed by atoms with Gasteiger partial charge in [0.2, 0.25) is 0 Å². The van der Waals surface area contributed by atoms with E-state index >= 15 is 0 Å². The van der Waals surface area contributed by atoms with Crippen molar-refractivity contribution in [3.63, 3.8) is 0 Å². The van der Waals surface area contributed by atoms with Crippen LogP contribution in [0.25, 0.3) is 0 Å². The zero-order valence-corrected chi connectivity index (χ0v) is 5.58. The molecule has 0 unspecified atom stereocenters. The van der Waals surface area contributed by atoms with E-state index in [9.17, 15) is 0 Å². The minimum absolute atomic E-state index is 0.872. The largest absolute Gasteiger partial charge is 0.255 e. The van der Waals surface area contributed by atoms with Crippen LogP contribution in [0.5, 0.6) is 0 Å². The predicted octanol–water partition coefficient (Wildman–Crippen LogP) is -0.0312. The topological polar surface area (TPSA) is 32.5 Å². The Morgan fingerprint density at radius 3 is 2.78 bits per heavy atom. The first-order valence-electron chi connectivity index (χ1n) is 3.22. The van der Waals surface area contributed by atoms with E-state index in [-0.39, 0.29) is 0 Å². The molecule has 3 heteroatoms. The lowest BCUT2D eigenvalue weighted by molar-refractivity contribution is 0.0395. The van der Waals surface area contributed by atoms with Crippen molar-refractivity contribution in [2.75, 3.05) is 19.6 Å². The number of hydrogen-bond donors (Lipinski definition) is 1. The molecule has 52 valence electrons. The summed E-state index contributed by atoms with van der Waals surface area (Å²) in [6.45, 7) is 6.56. The third kappa shape index (κ3) is 1.51. The number of rotatable bonds is 2. The quantitative estimate of drug-likeness (QED) is 0.417. The van der Waals surface area contributed by atoms with E-state index in [1.165, 1.54) is 6.42 Å². The molecule has 0 spiro atoms. The van der Waals surface area contributed by atoms with E-state index in [1.807, 2.05) is 6.08 Å². The van der Waals surface area contributed by atoms with Crippen LogP contribution >= 0.6 is 0 Å². The highest BCUT2D eigenvalue weighted by atomic mass is 15.8. The SMILES string of the molecule is C=CCN1CCCN1N. The van der Waals surface area contributed by atoms with Crippen molar-refractivity contribution in [3.05, 3.63) is 12.7 Å². The summed E-state index contributed by atoms with van der Waals surface area (Å²) >= 11 is 0. The molecule has 9 heavy (non-hydrogen) atoms. The lowest BCUT2D eigenvalue weighted by atomic mass is 10.4. The van der Waals surface area contributed by atoms with Gasteiger partial charge in [-0.25, -0.2) is 5.01 Å². The van der Waals surface area contributed by atoms with Crippen LogP contribution in [0.4, 0.5) is 0 Å². The van der Waals surface area contributed by atoms with E-state index < -0.39 is 0 Å². The van der Waals surface area contributed by atoms with Gasteiger partial charge in [-0.15, -0.1) is 6.58 Å². The molecule has 0 radical (unpaired) electrons. The van der Waals surface area contributed by atoms with Crippen molar-refractivity contribution in [1.82, 2.24) is 10.1 Å². The zero-order valence-electron chi connectivity index (χ0n) is 5.58. The molecule has 0 aromatic rings. The number of hydrogen-bond acceptors (Lipinski definition) is 3. The highest BCUT2D eigenvalue weighted by Crippen LogP contribution is 2.03. The summed E-state index contributed by atoms with van der Waals surface area (Å²) < 4.78 is 0. The van der Waals surface area contributed by atoms with Crippen LogP contribution in [0.1, 0.15) is 6.42 Å². The second-order valence-corrected chi connectivity index (χ2v) is 2.22. The molecule has 1 rings (SSSR count). The van der Waals surface area contributed by atoms with Gasteiger partial charge in [0.15, 0.2) is 0 Å². The molecule has 0 aromatic heterocycles. The first-order chi connectivity index (χ1) is 4.34. The van der Waals surface area contributed by atoms with Gasteiger partial charge in [0.25, 0.3) is 0 Å². The van der Waals surface area contributed by atoms with Crippen LogP contribution in [-0.2, 0) is 0 Å². The highest BCUT2D eigenvalue weighted by Gasteiger charge is 2.15. The monoisotopic (exact) mass is 127 g/mol. The molecule has 0 saturated carbocycles. The molecule has 1 aliphatic heterocycles. The van der Waals surface area contributed by atoms with E-state index in [4.69, 9.17) is 5.84 Å². The molecule has 1 aliphatic rings. The van der Waals surface area contributed by atoms with Crippen molar-refractivity contribution in [1.29, 1.82) is 0 Å². The maximum atomic E-state index is 5.58. The number of nitrogens with zero attached hydrogens (tertiary/aromatic N) is 2. The van der Waals surface area contributed by atoms with E-state index in [1.54, 1.807) is 5.12 Å². The molecule has 0 bridgehead atoms. The maximum absolute atomic E-state index is 5.58. The predicted molar refractivity (Wildman–Crippen MR) is 37.3 cm³/mol. The summed E-state index contributed by atoms with van der Waals surface area (Å²) in [5.41, 5.74) is 0. The van der Waals surface area contributed by atoms with Crippen LogP contribution in [0, 0.1) is 0 Å². The fraction of sp³-hybridized carbons (Fsp3) is 0.667. The molecule has 1 fully saturated rings. The lowest BCUT2D eigenvalue weighted by Crippen LogP contribution is -2.41. The Morgan fingerprint density at radius 2 is 2.33 bits per heavy atom. The molecular weight excluding hydrogens is 114 g/mol. The minimum atomic E-state index is 0.872. The van der Waals surface area contributed by atoms with Crippen LogP contribution in [0.3, 0.4) is 0 Å². The standard InChI is InChI=1S/C6H13N3/c1-2-4-8-5-3-6-9(8)7/h2H,1,3-7H2. The van der Waals surface area contributed by atoms with Crippen molar-refractivity contribution >= 4 is 0 Å². The second-order valence-electron chi connectivity index (χ2n) is 2.22. The molecule has 3 nitrogen and oxygen atoms in total. The normalized spacial score (nSPS) is 22.8.